The minimum atomic E-state index is 0.0119. The summed E-state index contributed by atoms with van der Waals surface area (Å²) < 4.78 is 5.08. The molecule has 0 saturated carbocycles. The van der Waals surface area contributed by atoms with Crippen LogP contribution in [0.25, 0.3) is 12.2 Å². The predicted octanol–water partition coefficient (Wildman–Crippen LogP) is 6.20. The first kappa shape index (κ1) is 28.6. The standard InChI is InChI=1S/C15H18O3.C14H14O3/c1-3-12(5-4-8-16)6-7-13-9-14(17)11-15(10-13)18-2;1-2-12(15)7-5-3-4-6-11-8-13(16)10-14(17)9-11/h3-7,9-11,16-17H,8H2,1-2H3;2-10,15-17H,1H2/b5-4-,7-6+,12-3+;5-3+,6-4+,12-7+. The van der Waals surface area contributed by atoms with Crippen LogP contribution in [0.5, 0.6) is 23.0 Å². The average Bonchev–Trinajstić information content (AvgIpc) is 2.83. The molecule has 2 aromatic rings. The summed E-state index contributed by atoms with van der Waals surface area (Å²) in [4.78, 5) is 0. The van der Waals surface area contributed by atoms with Crippen LogP contribution in [0.15, 0.2) is 109 Å². The van der Waals surface area contributed by atoms with Gasteiger partial charge in [0.15, 0.2) is 0 Å². The molecule has 0 fully saturated rings. The van der Waals surface area contributed by atoms with E-state index in [0.29, 0.717) is 11.3 Å². The maximum Gasteiger partial charge on any atom is 0.123 e. The molecule has 2 aromatic carbocycles. The third-order valence-electron chi connectivity index (χ3n) is 4.28. The van der Waals surface area contributed by atoms with E-state index in [9.17, 15) is 15.3 Å². The molecule has 0 aliphatic rings. The largest absolute Gasteiger partial charge is 0.508 e. The Morgan fingerprint density at radius 1 is 0.857 bits per heavy atom. The molecule has 2 rings (SSSR count). The van der Waals surface area contributed by atoms with Crippen molar-refractivity contribution >= 4 is 12.2 Å². The first-order valence-corrected chi connectivity index (χ1v) is 10.7. The van der Waals surface area contributed by atoms with Crippen LogP contribution in [0.4, 0.5) is 0 Å². The molecule has 0 radical (unpaired) electrons. The Balaban J connectivity index is 0.000000351. The lowest BCUT2D eigenvalue weighted by molar-refractivity contribution is 0.342. The zero-order chi connectivity index (χ0) is 26.1. The molecule has 184 valence electrons. The molecule has 0 atom stereocenters. The molecular weight excluding hydrogens is 444 g/mol. The third kappa shape index (κ3) is 12.4. The highest BCUT2D eigenvalue weighted by Gasteiger charge is 1.97. The summed E-state index contributed by atoms with van der Waals surface area (Å²) in [6.07, 6.45) is 18.8. The summed E-state index contributed by atoms with van der Waals surface area (Å²) in [7, 11) is 1.56. The quantitative estimate of drug-likeness (QED) is 0.218. The van der Waals surface area contributed by atoms with E-state index in [2.05, 4.69) is 6.58 Å². The minimum absolute atomic E-state index is 0.0119. The normalized spacial score (nSPS) is 12.4. The second-order valence-electron chi connectivity index (χ2n) is 6.99. The minimum Gasteiger partial charge on any atom is -0.508 e. The van der Waals surface area contributed by atoms with Crippen molar-refractivity contribution in [2.45, 2.75) is 6.92 Å². The topological polar surface area (TPSA) is 110 Å². The van der Waals surface area contributed by atoms with Crippen LogP contribution in [0, 0.1) is 0 Å². The van der Waals surface area contributed by atoms with Gasteiger partial charge < -0.3 is 30.3 Å². The molecule has 0 bridgehead atoms. The fourth-order valence-electron chi connectivity index (χ4n) is 2.62. The van der Waals surface area contributed by atoms with Gasteiger partial charge >= 0.3 is 0 Å². The highest BCUT2D eigenvalue weighted by atomic mass is 16.5. The number of aromatic hydroxyl groups is 3. The zero-order valence-electron chi connectivity index (χ0n) is 19.9. The first-order valence-electron chi connectivity index (χ1n) is 10.7. The Labute approximate surface area is 206 Å². The number of hydrogen-bond acceptors (Lipinski definition) is 6. The molecule has 6 nitrogen and oxygen atoms in total. The van der Waals surface area contributed by atoms with Crippen molar-refractivity contribution in [1.82, 2.24) is 0 Å². The average molecular weight is 477 g/mol. The van der Waals surface area contributed by atoms with Gasteiger partial charge in [-0.2, -0.15) is 0 Å². The van der Waals surface area contributed by atoms with Gasteiger partial charge in [0, 0.05) is 12.1 Å². The molecule has 0 heterocycles. The molecule has 5 N–H and O–H groups in total. The van der Waals surface area contributed by atoms with Crippen LogP contribution in [-0.4, -0.2) is 39.2 Å². The summed E-state index contributed by atoms with van der Waals surface area (Å²) in [5, 5.41) is 45.7. The van der Waals surface area contributed by atoms with Crippen molar-refractivity contribution in [2.24, 2.45) is 0 Å². The third-order valence-corrected chi connectivity index (χ3v) is 4.28. The Kier molecular flexibility index (Phi) is 13.3. The highest BCUT2D eigenvalue weighted by Crippen LogP contribution is 2.23. The molecule has 0 aliphatic heterocycles. The number of rotatable bonds is 9. The van der Waals surface area contributed by atoms with Crippen LogP contribution < -0.4 is 4.74 Å². The van der Waals surface area contributed by atoms with Crippen molar-refractivity contribution in [2.75, 3.05) is 13.7 Å². The Hall–Kier alpha value is -4.42. The van der Waals surface area contributed by atoms with Gasteiger partial charge in [-0.15, -0.1) is 0 Å². The SMILES string of the molecule is C/C=C(\C=C/CO)/C=C/c1cc(O)cc(OC)c1.C=C\C(O)=C/C=C/C=C/c1cc(O)cc(O)c1. The van der Waals surface area contributed by atoms with Crippen molar-refractivity contribution in [1.29, 1.82) is 0 Å². The number of ether oxygens (including phenoxy) is 1. The summed E-state index contributed by atoms with van der Waals surface area (Å²) in [6, 6.07) is 9.36. The van der Waals surface area contributed by atoms with Gasteiger partial charge in [-0.25, -0.2) is 0 Å². The number of phenolic OH excluding ortho intramolecular Hbond substituents is 3. The lowest BCUT2D eigenvalue weighted by Gasteiger charge is -2.02. The van der Waals surface area contributed by atoms with Crippen LogP contribution in [0.2, 0.25) is 0 Å². The smallest absolute Gasteiger partial charge is 0.123 e. The maximum atomic E-state index is 9.51. The molecular formula is C29H32O6. The van der Waals surface area contributed by atoms with E-state index in [1.807, 2.05) is 37.3 Å². The van der Waals surface area contributed by atoms with E-state index in [4.69, 9.17) is 14.9 Å². The van der Waals surface area contributed by atoms with Crippen LogP contribution in [0.1, 0.15) is 18.1 Å². The monoisotopic (exact) mass is 476 g/mol. The summed E-state index contributed by atoms with van der Waals surface area (Å²) >= 11 is 0. The molecule has 0 aliphatic carbocycles. The zero-order valence-corrected chi connectivity index (χ0v) is 19.9. The molecule has 0 amide bonds. The van der Waals surface area contributed by atoms with Gasteiger partial charge in [-0.1, -0.05) is 61.3 Å². The lowest BCUT2D eigenvalue weighted by atomic mass is 10.1. The van der Waals surface area contributed by atoms with E-state index >= 15 is 0 Å². The van der Waals surface area contributed by atoms with Gasteiger partial charge in [-0.05, 0) is 60.0 Å². The second-order valence-corrected chi connectivity index (χ2v) is 6.99. The van der Waals surface area contributed by atoms with Crippen molar-refractivity contribution < 1.29 is 30.3 Å². The summed E-state index contributed by atoms with van der Waals surface area (Å²) in [6.45, 7) is 5.34. The van der Waals surface area contributed by atoms with Gasteiger partial charge in [0.25, 0.3) is 0 Å². The number of allylic oxidation sites excluding steroid dienone is 9. The number of phenols is 3. The number of aliphatic hydroxyl groups excluding tert-OH is 2. The predicted molar refractivity (Wildman–Crippen MR) is 143 cm³/mol. The van der Waals surface area contributed by atoms with Gasteiger partial charge in [0.2, 0.25) is 0 Å². The highest BCUT2D eigenvalue weighted by molar-refractivity contribution is 5.58. The van der Waals surface area contributed by atoms with Crippen LogP contribution in [0.3, 0.4) is 0 Å². The Morgan fingerprint density at radius 2 is 1.49 bits per heavy atom. The summed E-state index contributed by atoms with van der Waals surface area (Å²) in [5.74, 6) is 0.893. The maximum absolute atomic E-state index is 9.51. The number of hydrogen-bond donors (Lipinski definition) is 5. The molecule has 6 heteroatoms. The Morgan fingerprint density at radius 3 is 2.06 bits per heavy atom. The van der Waals surface area contributed by atoms with E-state index in [0.717, 1.165) is 11.1 Å². The first-order chi connectivity index (χ1) is 16.8. The number of methoxy groups -OCH3 is 1. The molecule has 0 aromatic heterocycles. The van der Waals surface area contributed by atoms with E-state index in [-0.39, 0.29) is 29.6 Å². The van der Waals surface area contributed by atoms with Crippen molar-refractivity contribution in [3.05, 3.63) is 120 Å². The summed E-state index contributed by atoms with van der Waals surface area (Å²) in [5.41, 5.74) is 2.51. The molecule has 0 unspecified atom stereocenters. The fraction of sp³-hybridized carbons (Fsp3) is 0.103. The fourth-order valence-corrected chi connectivity index (χ4v) is 2.62. The molecule has 35 heavy (non-hydrogen) atoms. The van der Waals surface area contributed by atoms with Gasteiger partial charge in [0.05, 0.1) is 13.7 Å². The van der Waals surface area contributed by atoms with E-state index in [1.165, 1.54) is 30.4 Å². The Bertz CT molecular complexity index is 1110. The van der Waals surface area contributed by atoms with Gasteiger partial charge in [0.1, 0.15) is 28.8 Å². The number of aliphatic hydroxyl groups is 2. The van der Waals surface area contributed by atoms with E-state index < -0.39 is 0 Å². The van der Waals surface area contributed by atoms with E-state index in [1.54, 1.807) is 49.6 Å². The second kappa shape index (κ2) is 16.2. The molecule has 0 saturated heterocycles. The molecule has 0 spiro atoms. The van der Waals surface area contributed by atoms with Crippen LogP contribution >= 0.6 is 0 Å². The van der Waals surface area contributed by atoms with Gasteiger partial charge in [-0.3, -0.25) is 0 Å². The lowest BCUT2D eigenvalue weighted by Crippen LogP contribution is -1.83. The van der Waals surface area contributed by atoms with Crippen molar-refractivity contribution in [3.63, 3.8) is 0 Å². The number of benzene rings is 2. The van der Waals surface area contributed by atoms with Crippen LogP contribution in [-0.2, 0) is 0 Å². The van der Waals surface area contributed by atoms with Crippen molar-refractivity contribution in [3.8, 4) is 23.0 Å².